The third kappa shape index (κ3) is 4.36. The average molecular weight is 485 g/mol. The van der Waals surface area contributed by atoms with E-state index in [0.717, 1.165) is 22.5 Å². The number of nitrogens with zero attached hydrogens (tertiary/aromatic N) is 1. The van der Waals surface area contributed by atoms with Gasteiger partial charge in [0.15, 0.2) is 11.5 Å². The van der Waals surface area contributed by atoms with E-state index >= 15 is 0 Å². The number of hydrogen-bond acceptors (Lipinski definition) is 6. The highest BCUT2D eigenvalue weighted by Gasteiger charge is 2.30. The molecule has 1 aromatic heterocycles. The number of carbonyl (C=O) groups excluding carboxylic acids is 1. The van der Waals surface area contributed by atoms with Crippen LogP contribution in [0.5, 0.6) is 11.5 Å². The molecule has 7 nitrogen and oxygen atoms in total. The largest absolute Gasteiger partial charge is 0.486 e. The van der Waals surface area contributed by atoms with Crippen LogP contribution < -0.4 is 14.8 Å². The molecule has 172 valence electrons. The maximum atomic E-state index is 13.2. The molecule has 1 unspecified atom stereocenters. The summed E-state index contributed by atoms with van der Waals surface area (Å²) in [5.74, 6) is 1.03. The molecule has 0 radical (unpaired) electrons. The predicted octanol–water partition coefficient (Wildman–Crippen LogP) is 3.76. The topological polar surface area (TPSA) is 84.9 Å². The van der Waals surface area contributed by atoms with Gasteiger partial charge >= 0.3 is 0 Å². The molecule has 2 aromatic carbocycles. The molecule has 0 saturated carbocycles. The zero-order valence-electron chi connectivity index (χ0n) is 18.1. The van der Waals surface area contributed by atoms with Crippen molar-refractivity contribution in [2.24, 2.45) is 0 Å². The fourth-order valence-corrected chi connectivity index (χ4v) is 6.80. The van der Waals surface area contributed by atoms with Crippen molar-refractivity contribution in [1.29, 1.82) is 0 Å². The summed E-state index contributed by atoms with van der Waals surface area (Å²) >= 11 is 1.07. The number of fused-ring (bicyclic) bond motifs is 2. The molecule has 0 saturated heterocycles. The maximum absolute atomic E-state index is 13.2. The van der Waals surface area contributed by atoms with Crippen LogP contribution in [-0.4, -0.2) is 38.4 Å². The van der Waals surface area contributed by atoms with E-state index in [2.05, 4.69) is 5.32 Å². The molecular weight excluding hydrogens is 460 g/mol. The first-order valence-corrected chi connectivity index (χ1v) is 13.1. The van der Waals surface area contributed by atoms with Gasteiger partial charge in [-0.25, -0.2) is 8.42 Å². The van der Waals surface area contributed by atoms with E-state index in [0.29, 0.717) is 49.8 Å². The van der Waals surface area contributed by atoms with Gasteiger partial charge in [0.25, 0.3) is 15.9 Å². The molecule has 3 heterocycles. The summed E-state index contributed by atoms with van der Waals surface area (Å²) in [7, 11) is -3.67. The molecule has 0 aliphatic carbocycles. The lowest BCUT2D eigenvalue weighted by Crippen LogP contribution is -2.35. The number of thiophene rings is 1. The van der Waals surface area contributed by atoms with Gasteiger partial charge in [0.1, 0.15) is 17.4 Å². The van der Waals surface area contributed by atoms with Crippen molar-refractivity contribution in [3.05, 3.63) is 76.2 Å². The lowest BCUT2D eigenvalue weighted by Gasteiger charge is -2.27. The molecule has 1 N–H and O–H groups in total. The van der Waals surface area contributed by atoms with E-state index in [4.69, 9.17) is 9.47 Å². The van der Waals surface area contributed by atoms with E-state index in [1.54, 1.807) is 5.38 Å². The molecule has 3 aromatic rings. The fourth-order valence-electron chi connectivity index (χ4n) is 4.07. The summed E-state index contributed by atoms with van der Waals surface area (Å²) < 4.78 is 39.2. The minimum atomic E-state index is -3.67. The summed E-state index contributed by atoms with van der Waals surface area (Å²) in [6.07, 6.45) is 0.682. The standard InChI is InChI=1S/C24H24N2O5S2/c1-16(18-6-7-21-22(12-18)31-11-10-30-21)25-24(27)20-13-23(32-15-20)33(28,29)26-9-8-17-4-2-3-5-19(17)14-26/h2-7,12-13,15-16H,8-11,14H2,1H3,(H,25,27). The van der Waals surface area contributed by atoms with Crippen LogP contribution in [-0.2, 0) is 23.0 Å². The summed E-state index contributed by atoms with van der Waals surface area (Å²) in [5.41, 5.74) is 3.42. The van der Waals surface area contributed by atoms with E-state index in [9.17, 15) is 13.2 Å². The van der Waals surface area contributed by atoms with Crippen LogP contribution in [0.25, 0.3) is 0 Å². The molecule has 1 amide bonds. The number of rotatable bonds is 5. The van der Waals surface area contributed by atoms with Crippen molar-refractivity contribution in [3.63, 3.8) is 0 Å². The van der Waals surface area contributed by atoms with Gasteiger partial charge in [-0.05, 0) is 48.2 Å². The van der Waals surface area contributed by atoms with Crippen molar-refractivity contribution in [3.8, 4) is 11.5 Å². The Morgan fingerprint density at radius 2 is 1.82 bits per heavy atom. The van der Waals surface area contributed by atoms with Gasteiger partial charge in [0, 0.05) is 18.5 Å². The lowest BCUT2D eigenvalue weighted by molar-refractivity contribution is 0.0940. The number of amides is 1. The molecule has 0 spiro atoms. The molecule has 2 aliphatic rings. The summed E-state index contributed by atoms with van der Waals surface area (Å²) in [5, 5.41) is 4.53. The van der Waals surface area contributed by atoms with Crippen molar-refractivity contribution in [2.75, 3.05) is 19.8 Å². The molecule has 1 atom stereocenters. The van der Waals surface area contributed by atoms with Crippen LogP contribution in [0.4, 0.5) is 0 Å². The highest BCUT2D eigenvalue weighted by molar-refractivity contribution is 7.91. The number of hydrogen-bond donors (Lipinski definition) is 1. The van der Waals surface area contributed by atoms with Gasteiger partial charge in [-0.3, -0.25) is 4.79 Å². The maximum Gasteiger partial charge on any atom is 0.252 e. The number of carbonyl (C=O) groups is 1. The fraction of sp³-hybridized carbons (Fsp3) is 0.292. The van der Waals surface area contributed by atoms with Gasteiger partial charge in [-0.15, -0.1) is 11.3 Å². The SMILES string of the molecule is CC(NC(=O)c1csc(S(=O)(=O)N2CCc3ccccc3C2)c1)c1ccc2c(c1)OCCO2. The second-order valence-electron chi connectivity index (χ2n) is 8.11. The molecule has 9 heteroatoms. The highest BCUT2D eigenvalue weighted by atomic mass is 32.2. The van der Waals surface area contributed by atoms with Crippen molar-refractivity contribution in [1.82, 2.24) is 9.62 Å². The second kappa shape index (κ2) is 8.81. The van der Waals surface area contributed by atoms with Gasteiger partial charge < -0.3 is 14.8 Å². The van der Waals surface area contributed by atoms with E-state index in [1.165, 1.54) is 15.9 Å². The van der Waals surface area contributed by atoms with Crippen molar-refractivity contribution in [2.45, 2.75) is 30.1 Å². The minimum absolute atomic E-state index is 0.180. The first kappa shape index (κ1) is 21.9. The van der Waals surface area contributed by atoms with Crippen LogP contribution >= 0.6 is 11.3 Å². The monoisotopic (exact) mass is 484 g/mol. The molecule has 0 bridgehead atoms. The minimum Gasteiger partial charge on any atom is -0.486 e. The first-order chi connectivity index (χ1) is 15.9. The van der Waals surface area contributed by atoms with Crippen LogP contribution in [0.2, 0.25) is 0 Å². The smallest absolute Gasteiger partial charge is 0.252 e. The van der Waals surface area contributed by atoms with Gasteiger partial charge in [0.2, 0.25) is 0 Å². The number of benzene rings is 2. The Morgan fingerprint density at radius 3 is 2.64 bits per heavy atom. The highest BCUT2D eigenvalue weighted by Crippen LogP contribution is 2.33. The second-order valence-corrected chi connectivity index (χ2v) is 11.2. The van der Waals surface area contributed by atoms with Gasteiger partial charge in [-0.1, -0.05) is 30.3 Å². The lowest BCUT2D eigenvalue weighted by atomic mass is 10.0. The quantitative estimate of drug-likeness (QED) is 0.596. The molecule has 33 heavy (non-hydrogen) atoms. The molecule has 2 aliphatic heterocycles. The van der Waals surface area contributed by atoms with E-state index in [1.807, 2.05) is 49.4 Å². The van der Waals surface area contributed by atoms with Crippen LogP contribution in [0.15, 0.2) is 58.1 Å². The summed E-state index contributed by atoms with van der Waals surface area (Å²) in [6, 6.07) is 14.6. The van der Waals surface area contributed by atoms with Crippen molar-refractivity contribution < 1.29 is 22.7 Å². The van der Waals surface area contributed by atoms with E-state index < -0.39 is 10.0 Å². The normalized spacial score (nSPS) is 16.6. The Bertz CT molecular complexity index is 1300. The number of ether oxygens (including phenoxy) is 2. The van der Waals surface area contributed by atoms with Crippen molar-refractivity contribution >= 4 is 27.3 Å². The number of nitrogens with one attached hydrogen (secondary N) is 1. The first-order valence-electron chi connectivity index (χ1n) is 10.8. The molecule has 0 fully saturated rings. The van der Waals surface area contributed by atoms with Gasteiger partial charge in [-0.2, -0.15) is 4.31 Å². The average Bonchev–Trinajstić information content (AvgIpc) is 3.35. The van der Waals surface area contributed by atoms with Crippen LogP contribution in [0, 0.1) is 0 Å². The van der Waals surface area contributed by atoms with Gasteiger partial charge in [0.05, 0.1) is 11.6 Å². The Balaban J connectivity index is 1.28. The number of sulfonamides is 1. The Hall–Kier alpha value is -2.88. The third-order valence-corrected chi connectivity index (χ3v) is 9.20. The van der Waals surface area contributed by atoms with E-state index in [-0.39, 0.29) is 16.2 Å². The van der Waals surface area contributed by atoms with Crippen LogP contribution in [0.1, 0.15) is 40.0 Å². The molecular formula is C24H24N2O5S2. The Morgan fingerprint density at radius 1 is 1.06 bits per heavy atom. The predicted molar refractivity (Wildman–Crippen MR) is 125 cm³/mol. The molecule has 5 rings (SSSR count). The summed E-state index contributed by atoms with van der Waals surface area (Å²) in [6.45, 7) is 3.66. The Labute approximate surface area is 197 Å². The zero-order valence-corrected chi connectivity index (χ0v) is 19.7. The third-order valence-electron chi connectivity index (χ3n) is 5.94. The zero-order chi connectivity index (χ0) is 23.0. The summed E-state index contributed by atoms with van der Waals surface area (Å²) in [4.78, 5) is 12.8. The van der Waals surface area contributed by atoms with Crippen LogP contribution in [0.3, 0.4) is 0 Å². The Kier molecular flexibility index (Phi) is 5.86.